The number of benzene rings is 1. The van der Waals surface area contributed by atoms with Crippen LogP contribution in [0.5, 0.6) is 0 Å². The van der Waals surface area contributed by atoms with Gasteiger partial charge in [-0.15, -0.1) is 0 Å². The zero-order valence-electron chi connectivity index (χ0n) is 12.6. The second-order valence-electron chi connectivity index (χ2n) is 5.37. The zero-order chi connectivity index (χ0) is 16.5. The second kappa shape index (κ2) is 5.96. The number of carbonyl (C=O) groups is 1. The third-order valence-corrected chi connectivity index (χ3v) is 6.52. The lowest BCUT2D eigenvalue weighted by molar-refractivity contribution is -0.149. The number of nitrogens with two attached hydrogens (primary N) is 1. The van der Waals surface area contributed by atoms with Crippen molar-refractivity contribution in [2.75, 3.05) is 18.9 Å². The molecule has 0 saturated heterocycles. The molecule has 3 unspecified atom stereocenters. The normalized spacial score (nSPS) is 27.5. The largest absolute Gasteiger partial charge is 0.465 e. The van der Waals surface area contributed by atoms with Crippen molar-refractivity contribution in [3.8, 4) is 0 Å². The van der Waals surface area contributed by atoms with Crippen LogP contribution in [0, 0.1) is 11.2 Å². The van der Waals surface area contributed by atoms with Crippen LogP contribution in [0.1, 0.15) is 25.3 Å². The average molecular weight is 329 g/mol. The van der Waals surface area contributed by atoms with Crippen molar-refractivity contribution >= 4 is 15.8 Å². The molecule has 7 heteroatoms. The number of hydrogen-bond donors (Lipinski definition) is 1. The summed E-state index contributed by atoms with van der Waals surface area (Å²) in [6.45, 7) is 3.14. The van der Waals surface area contributed by atoms with E-state index in [0.29, 0.717) is 5.56 Å². The van der Waals surface area contributed by atoms with E-state index in [9.17, 15) is 17.6 Å². The van der Waals surface area contributed by atoms with Crippen molar-refractivity contribution in [2.45, 2.75) is 25.0 Å². The lowest BCUT2D eigenvalue weighted by Gasteiger charge is -2.14. The molecule has 0 aromatic heterocycles. The zero-order valence-corrected chi connectivity index (χ0v) is 13.4. The number of sulfone groups is 1. The number of hydrogen-bond acceptors (Lipinski definition) is 5. The van der Waals surface area contributed by atoms with Gasteiger partial charge in [0.1, 0.15) is 11.2 Å². The number of ether oxygens (including phenoxy) is 1. The minimum Gasteiger partial charge on any atom is -0.465 e. The minimum atomic E-state index is -3.52. The van der Waals surface area contributed by atoms with E-state index in [1.165, 1.54) is 25.1 Å². The summed E-state index contributed by atoms with van der Waals surface area (Å²) in [6, 6.07) is 5.62. The molecule has 2 N–H and O–H groups in total. The molecule has 0 spiro atoms. The Bertz CT molecular complexity index is 676. The molecule has 1 fully saturated rings. The van der Waals surface area contributed by atoms with Gasteiger partial charge in [-0.3, -0.25) is 4.79 Å². The van der Waals surface area contributed by atoms with Crippen molar-refractivity contribution in [2.24, 2.45) is 11.1 Å². The van der Waals surface area contributed by atoms with E-state index in [4.69, 9.17) is 10.5 Å². The van der Waals surface area contributed by atoms with Gasteiger partial charge in [-0.2, -0.15) is 0 Å². The molecule has 1 aliphatic rings. The quantitative estimate of drug-likeness (QED) is 0.793. The molecule has 0 bridgehead atoms. The van der Waals surface area contributed by atoms with Crippen LogP contribution in [0.15, 0.2) is 24.3 Å². The summed E-state index contributed by atoms with van der Waals surface area (Å²) in [5.74, 6) is -1.89. The highest BCUT2D eigenvalue weighted by atomic mass is 32.2. The summed E-state index contributed by atoms with van der Waals surface area (Å²) in [7, 11) is -3.52. The number of esters is 1. The summed E-state index contributed by atoms with van der Waals surface area (Å²) in [5.41, 5.74) is 4.89. The fraction of sp³-hybridized carbons (Fsp3) is 0.533. The first-order valence-corrected chi connectivity index (χ1v) is 8.91. The van der Waals surface area contributed by atoms with Gasteiger partial charge in [-0.1, -0.05) is 19.1 Å². The third-order valence-electron chi connectivity index (χ3n) is 4.25. The van der Waals surface area contributed by atoms with Crippen molar-refractivity contribution in [1.29, 1.82) is 0 Å². The highest BCUT2D eigenvalue weighted by molar-refractivity contribution is 7.92. The van der Waals surface area contributed by atoms with E-state index in [2.05, 4.69) is 0 Å². The molecule has 1 aliphatic carbocycles. The molecule has 3 atom stereocenters. The molecular formula is C15H20FNO4S. The molecule has 1 saturated carbocycles. The van der Waals surface area contributed by atoms with E-state index in [1.807, 2.05) is 0 Å². The van der Waals surface area contributed by atoms with Crippen LogP contribution in [0.25, 0.3) is 0 Å². The van der Waals surface area contributed by atoms with E-state index >= 15 is 0 Å². The SMILES string of the molecule is CCOC(=O)C1(CN)C(c2cccc(F)c2)C1S(=O)(=O)CC. The van der Waals surface area contributed by atoms with E-state index in [0.717, 1.165) is 0 Å². The topological polar surface area (TPSA) is 86.5 Å². The first-order chi connectivity index (χ1) is 10.3. The summed E-state index contributed by atoms with van der Waals surface area (Å²) in [4.78, 5) is 12.3. The standard InChI is InChI=1S/C15H20FNO4S/c1-3-21-14(18)15(9-17)12(13(15)22(19,20)4-2)10-6-5-7-11(16)8-10/h5-8,12-13H,3-4,9,17H2,1-2H3. The van der Waals surface area contributed by atoms with Crippen molar-refractivity contribution in [3.05, 3.63) is 35.6 Å². The molecular weight excluding hydrogens is 309 g/mol. The number of carbonyl (C=O) groups excluding carboxylic acids is 1. The molecule has 22 heavy (non-hydrogen) atoms. The fourth-order valence-corrected chi connectivity index (χ4v) is 5.19. The van der Waals surface area contributed by atoms with Crippen LogP contribution >= 0.6 is 0 Å². The number of halogens is 1. The molecule has 1 aromatic carbocycles. The average Bonchev–Trinajstić information content (AvgIpc) is 3.19. The molecule has 1 aromatic rings. The first-order valence-electron chi connectivity index (χ1n) is 7.19. The molecule has 0 heterocycles. The lowest BCUT2D eigenvalue weighted by atomic mass is 9.99. The highest BCUT2D eigenvalue weighted by Gasteiger charge is 2.75. The maximum absolute atomic E-state index is 13.5. The maximum atomic E-state index is 13.5. The molecule has 2 rings (SSSR count). The van der Waals surface area contributed by atoms with Gasteiger partial charge in [0.2, 0.25) is 0 Å². The van der Waals surface area contributed by atoms with Gasteiger partial charge >= 0.3 is 5.97 Å². The van der Waals surface area contributed by atoms with Gasteiger partial charge in [-0.05, 0) is 24.6 Å². The summed E-state index contributed by atoms with van der Waals surface area (Å²) in [6.07, 6.45) is 0. The molecule has 5 nitrogen and oxygen atoms in total. The van der Waals surface area contributed by atoms with Gasteiger partial charge in [0, 0.05) is 18.2 Å². The van der Waals surface area contributed by atoms with Gasteiger partial charge in [0.15, 0.2) is 9.84 Å². The molecule has 0 aliphatic heterocycles. The maximum Gasteiger partial charge on any atom is 0.315 e. The van der Waals surface area contributed by atoms with Crippen LogP contribution in [0.2, 0.25) is 0 Å². The predicted molar refractivity (Wildman–Crippen MR) is 80.5 cm³/mol. The van der Waals surface area contributed by atoms with Crippen LogP contribution in [0.3, 0.4) is 0 Å². The van der Waals surface area contributed by atoms with Crippen molar-refractivity contribution in [1.82, 2.24) is 0 Å². The van der Waals surface area contributed by atoms with Gasteiger partial charge in [0.25, 0.3) is 0 Å². The summed E-state index contributed by atoms with van der Waals surface area (Å²) in [5, 5.41) is -0.962. The van der Waals surface area contributed by atoms with Gasteiger partial charge in [-0.25, -0.2) is 12.8 Å². The summed E-state index contributed by atoms with van der Waals surface area (Å²) >= 11 is 0. The van der Waals surface area contributed by atoms with Gasteiger partial charge < -0.3 is 10.5 Å². The van der Waals surface area contributed by atoms with E-state index < -0.39 is 38.2 Å². The monoisotopic (exact) mass is 329 g/mol. The Morgan fingerprint density at radius 2 is 2.09 bits per heavy atom. The van der Waals surface area contributed by atoms with Crippen molar-refractivity contribution in [3.63, 3.8) is 0 Å². The second-order valence-corrected chi connectivity index (χ2v) is 7.78. The van der Waals surface area contributed by atoms with E-state index in [1.54, 1.807) is 13.0 Å². The van der Waals surface area contributed by atoms with E-state index in [-0.39, 0.29) is 18.9 Å². The Labute approximate surface area is 129 Å². The lowest BCUT2D eigenvalue weighted by Crippen LogP contribution is -2.34. The first kappa shape index (κ1) is 16.9. The minimum absolute atomic E-state index is 0.107. The summed E-state index contributed by atoms with van der Waals surface area (Å²) < 4.78 is 43.2. The molecule has 0 radical (unpaired) electrons. The number of rotatable bonds is 6. The molecule has 122 valence electrons. The fourth-order valence-electron chi connectivity index (χ4n) is 3.12. The van der Waals surface area contributed by atoms with Crippen LogP contribution < -0.4 is 5.73 Å². The van der Waals surface area contributed by atoms with Gasteiger partial charge in [0.05, 0.1) is 11.9 Å². The van der Waals surface area contributed by atoms with Crippen LogP contribution in [-0.4, -0.2) is 38.5 Å². The Kier molecular flexibility index (Phi) is 4.58. The Hall–Kier alpha value is -1.47. The molecule has 0 amide bonds. The Morgan fingerprint density at radius 1 is 1.41 bits per heavy atom. The predicted octanol–water partition coefficient (Wildman–Crippen LogP) is 1.23. The van der Waals surface area contributed by atoms with Crippen LogP contribution in [-0.2, 0) is 19.4 Å². The smallest absolute Gasteiger partial charge is 0.315 e. The van der Waals surface area contributed by atoms with Crippen molar-refractivity contribution < 1.29 is 22.3 Å². The third kappa shape index (κ3) is 2.52. The Morgan fingerprint density at radius 3 is 2.59 bits per heavy atom. The van der Waals surface area contributed by atoms with Crippen LogP contribution in [0.4, 0.5) is 4.39 Å². The Balaban J connectivity index is 2.52. The highest BCUT2D eigenvalue weighted by Crippen LogP contribution is 2.63.